The monoisotopic (exact) mass is 334 g/mol. The van der Waals surface area contributed by atoms with Gasteiger partial charge in [0.2, 0.25) is 0 Å². The summed E-state index contributed by atoms with van der Waals surface area (Å²) < 4.78 is 1.08. The summed E-state index contributed by atoms with van der Waals surface area (Å²) in [4.78, 5) is 30.3. The van der Waals surface area contributed by atoms with E-state index in [1.807, 2.05) is 49.4 Å². The molecule has 0 aliphatic rings. The SMILES string of the molecule is Cc1ccc(NC(=O)c2cccn(OCc3ccccc3)c2=O)cc1. The van der Waals surface area contributed by atoms with Crippen molar-refractivity contribution >= 4 is 11.6 Å². The van der Waals surface area contributed by atoms with Crippen molar-refractivity contribution in [3.63, 3.8) is 0 Å². The Bertz CT molecular complexity index is 916. The van der Waals surface area contributed by atoms with Crippen LogP contribution in [0.4, 0.5) is 5.69 Å². The van der Waals surface area contributed by atoms with E-state index in [1.54, 1.807) is 18.2 Å². The fourth-order valence-corrected chi connectivity index (χ4v) is 2.30. The van der Waals surface area contributed by atoms with Gasteiger partial charge in [0.25, 0.3) is 11.5 Å². The number of aryl methyl sites for hydroxylation is 1. The lowest BCUT2D eigenvalue weighted by atomic mass is 10.2. The van der Waals surface area contributed by atoms with E-state index in [4.69, 9.17) is 4.84 Å². The van der Waals surface area contributed by atoms with Crippen molar-refractivity contribution in [1.82, 2.24) is 4.73 Å². The Kier molecular flexibility index (Phi) is 4.95. The van der Waals surface area contributed by atoms with Crippen LogP contribution in [0.15, 0.2) is 77.7 Å². The summed E-state index contributed by atoms with van der Waals surface area (Å²) in [5.41, 5.74) is 2.19. The fraction of sp³-hybridized carbons (Fsp3) is 0.100. The summed E-state index contributed by atoms with van der Waals surface area (Å²) in [5, 5.41) is 2.72. The van der Waals surface area contributed by atoms with E-state index in [1.165, 1.54) is 12.3 Å². The summed E-state index contributed by atoms with van der Waals surface area (Å²) in [6.07, 6.45) is 1.49. The minimum Gasteiger partial charge on any atom is -0.406 e. The molecule has 3 rings (SSSR count). The number of nitrogens with zero attached hydrogens (tertiary/aromatic N) is 1. The molecular weight excluding hydrogens is 316 g/mol. The van der Waals surface area contributed by atoms with Crippen LogP contribution in [0.25, 0.3) is 0 Å². The first kappa shape index (κ1) is 16.5. The van der Waals surface area contributed by atoms with E-state index in [0.717, 1.165) is 15.9 Å². The standard InChI is InChI=1S/C20H18N2O3/c1-15-9-11-17(12-10-15)21-19(23)18-8-5-13-22(20(18)24)25-14-16-6-3-2-4-7-16/h2-13H,14H2,1H3,(H,21,23). The molecule has 1 N–H and O–H groups in total. The van der Waals surface area contributed by atoms with E-state index in [9.17, 15) is 9.59 Å². The van der Waals surface area contributed by atoms with Gasteiger partial charge >= 0.3 is 0 Å². The molecule has 2 aromatic carbocycles. The van der Waals surface area contributed by atoms with Crippen LogP contribution in [0.3, 0.4) is 0 Å². The van der Waals surface area contributed by atoms with Crippen molar-refractivity contribution in [1.29, 1.82) is 0 Å². The molecule has 5 nitrogen and oxygen atoms in total. The molecule has 1 aromatic heterocycles. The molecule has 0 saturated heterocycles. The van der Waals surface area contributed by atoms with Crippen molar-refractivity contribution in [2.75, 3.05) is 5.32 Å². The number of amides is 1. The number of carbonyl (C=O) groups is 1. The van der Waals surface area contributed by atoms with Gasteiger partial charge in [-0.25, -0.2) is 0 Å². The van der Waals surface area contributed by atoms with Crippen LogP contribution in [0.1, 0.15) is 21.5 Å². The Morgan fingerprint density at radius 2 is 1.72 bits per heavy atom. The number of anilines is 1. The van der Waals surface area contributed by atoms with E-state index in [0.29, 0.717) is 5.69 Å². The van der Waals surface area contributed by atoms with Gasteiger partial charge in [0.1, 0.15) is 12.2 Å². The van der Waals surface area contributed by atoms with E-state index in [2.05, 4.69) is 5.32 Å². The summed E-state index contributed by atoms with van der Waals surface area (Å²) >= 11 is 0. The highest BCUT2D eigenvalue weighted by atomic mass is 16.7. The van der Waals surface area contributed by atoms with E-state index >= 15 is 0 Å². The van der Waals surface area contributed by atoms with Gasteiger partial charge in [-0.2, -0.15) is 4.73 Å². The molecule has 0 bridgehead atoms. The highest BCUT2D eigenvalue weighted by Gasteiger charge is 2.13. The molecule has 0 aliphatic heterocycles. The molecule has 1 heterocycles. The minimum absolute atomic E-state index is 0.0242. The molecule has 0 radical (unpaired) electrons. The third-order valence-corrected chi connectivity index (χ3v) is 3.68. The number of hydrogen-bond acceptors (Lipinski definition) is 3. The summed E-state index contributed by atoms with van der Waals surface area (Å²) in [6.45, 7) is 2.20. The van der Waals surface area contributed by atoms with E-state index < -0.39 is 11.5 Å². The lowest BCUT2D eigenvalue weighted by molar-refractivity contribution is 0.0863. The maximum absolute atomic E-state index is 12.5. The smallest absolute Gasteiger partial charge is 0.295 e. The van der Waals surface area contributed by atoms with Crippen LogP contribution >= 0.6 is 0 Å². The van der Waals surface area contributed by atoms with Crippen molar-refractivity contribution in [2.45, 2.75) is 13.5 Å². The molecule has 3 aromatic rings. The van der Waals surface area contributed by atoms with Crippen LogP contribution in [0.5, 0.6) is 0 Å². The molecule has 5 heteroatoms. The zero-order valence-corrected chi connectivity index (χ0v) is 13.8. The third kappa shape index (κ3) is 4.14. The van der Waals surface area contributed by atoms with Crippen LogP contribution in [0, 0.1) is 6.92 Å². The van der Waals surface area contributed by atoms with Gasteiger partial charge in [0.15, 0.2) is 0 Å². The number of carbonyl (C=O) groups excluding carboxylic acids is 1. The predicted molar refractivity (Wildman–Crippen MR) is 96.6 cm³/mol. The molecule has 0 saturated carbocycles. The number of benzene rings is 2. The Morgan fingerprint density at radius 3 is 2.44 bits per heavy atom. The molecule has 126 valence electrons. The molecule has 0 unspecified atom stereocenters. The predicted octanol–water partition coefficient (Wildman–Crippen LogP) is 3.04. The summed E-state index contributed by atoms with van der Waals surface area (Å²) in [7, 11) is 0. The molecule has 0 aliphatic carbocycles. The van der Waals surface area contributed by atoms with Gasteiger partial charge in [-0.1, -0.05) is 48.0 Å². The van der Waals surface area contributed by atoms with E-state index in [-0.39, 0.29) is 12.2 Å². The van der Waals surface area contributed by atoms with Crippen molar-refractivity contribution < 1.29 is 9.63 Å². The fourth-order valence-electron chi connectivity index (χ4n) is 2.30. The number of nitrogens with one attached hydrogen (secondary N) is 1. The number of pyridine rings is 1. The zero-order chi connectivity index (χ0) is 17.6. The Labute approximate surface area is 145 Å². The largest absolute Gasteiger partial charge is 0.406 e. The van der Waals surface area contributed by atoms with Crippen LogP contribution < -0.4 is 15.7 Å². The third-order valence-electron chi connectivity index (χ3n) is 3.68. The lowest BCUT2D eigenvalue weighted by Gasteiger charge is -2.10. The topological polar surface area (TPSA) is 60.3 Å². The van der Waals surface area contributed by atoms with Gasteiger partial charge in [0.05, 0.1) is 0 Å². The normalized spacial score (nSPS) is 10.3. The van der Waals surface area contributed by atoms with Crippen LogP contribution in [-0.4, -0.2) is 10.6 Å². The molecular formula is C20H18N2O3. The number of rotatable bonds is 5. The quantitative estimate of drug-likeness (QED) is 0.780. The Balaban J connectivity index is 1.75. The highest BCUT2D eigenvalue weighted by molar-refractivity contribution is 6.03. The zero-order valence-electron chi connectivity index (χ0n) is 13.8. The average Bonchev–Trinajstić information content (AvgIpc) is 2.63. The maximum Gasteiger partial charge on any atom is 0.295 e. The molecule has 0 fully saturated rings. The summed E-state index contributed by atoms with van der Waals surface area (Å²) in [6, 6.07) is 20.0. The van der Waals surface area contributed by atoms with Crippen LogP contribution in [-0.2, 0) is 6.61 Å². The first-order valence-corrected chi connectivity index (χ1v) is 7.90. The lowest BCUT2D eigenvalue weighted by Crippen LogP contribution is -2.32. The highest BCUT2D eigenvalue weighted by Crippen LogP contribution is 2.09. The average molecular weight is 334 g/mol. The molecule has 25 heavy (non-hydrogen) atoms. The first-order chi connectivity index (χ1) is 12.1. The second kappa shape index (κ2) is 7.49. The van der Waals surface area contributed by atoms with Crippen LogP contribution in [0.2, 0.25) is 0 Å². The maximum atomic E-state index is 12.5. The number of hydrogen-bond donors (Lipinski definition) is 1. The first-order valence-electron chi connectivity index (χ1n) is 7.90. The van der Waals surface area contributed by atoms with Crippen molar-refractivity contribution in [2.24, 2.45) is 0 Å². The Morgan fingerprint density at radius 1 is 1.00 bits per heavy atom. The Hall–Kier alpha value is -3.34. The summed E-state index contributed by atoms with van der Waals surface area (Å²) in [5.74, 6) is -0.466. The van der Waals surface area contributed by atoms with Gasteiger partial charge in [-0.15, -0.1) is 0 Å². The molecule has 0 atom stereocenters. The number of aromatic nitrogens is 1. The second-order valence-corrected chi connectivity index (χ2v) is 5.63. The van der Waals surface area contributed by atoms with Gasteiger partial charge in [-0.05, 0) is 36.8 Å². The second-order valence-electron chi connectivity index (χ2n) is 5.63. The molecule has 1 amide bonds. The van der Waals surface area contributed by atoms with Gasteiger partial charge in [0, 0.05) is 11.9 Å². The van der Waals surface area contributed by atoms with Gasteiger partial charge in [-0.3, -0.25) is 9.59 Å². The molecule has 0 spiro atoms. The van der Waals surface area contributed by atoms with Crippen molar-refractivity contribution in [3.8, 4) is 0 Å². The minimum atomic E-state index is -0.497. The van der Waals surface area contributed by atoms with Crippen molar-refractivity contribution in [3.05, 3.63) is 100.0 Å². The van der Waals surface area contributed by atoms with Gasteiger partial charge < -0.3 is 10.2 Å².